The SMILES string of the molecule is O=C(c1ccc2ccccc2c1)[C@H]1CCC[C@]1(O)c1ccc2ccccc2c1. The van der Waals surface area contributed by atoms with Crippen LogP contribution in [0.5, 0.6) is 0 Å². The summed E-state index contributed by atoms with van der Waals surface area (Å²) < 4.78 is 0. The van der Waals surface area contributed by atoms with Crippen molar-refractivity contribution in [3.8, 4) is 0 Å². The van der Waals surface area contributed by atoms with Gasteiger partial charge >= 0.3 is 0 Å². The zero-order valence-corrected chi connectivity index (χ0v) is 15.6. The number of fused-ring (bicyclic) bond motifs is 2. The largest absolute Gasteiger partial charge is 0.384 e. The lowest BCUT2D eigenvalue weighted by Gasteiger charge is -2.30. The molecule has 0 radical (unpaired) electrons. The number of carbonyl (C=O) groups excluding carboxylic acids is 1. The van der Waals surface area contributed by atoms with Gasteiger partial charge in [0.1, 0.15) is 0 Å². The number of hydrogen-bond donors (Lipinski definition) is 1. The van der Waals surface area contributed by atoms with Gasteiger partial charge in [-0.2, -0.15) is 0 Å². The molecule has 1 saturated carbocycles. The van der Waals surface area contributed by atoms with E-state index in [0.29, 0.717) is 12.0 Å². The fourth-order valence-corrected chi connectivity index (χ4v) is 4.68. The fraction of sp³-hybridized carbons (Fsp3) is 0.192. The number of aliphatic hydroxyl groups is 1. The first-order valence-electron chi connectivity index (χ1n) is 9.90. The van der Waals surface area contributed by atoms with E-state index in [0.717, 1.165) is 39.9 Å². The number of Topliss-reactive ketones (excluding diaryl/α,β-unsaturated/α-hetero) is 1. The standard InChI is InChI=1S/C26H22O2/c27-25(22-12-11-18-6-1-3-8-20(18)16-22)24-10-5-15-26(24,28)23-14-13-19-7-2-4-9-21(19)17-23/h1-4,6-9,11-14,16-17,24,28H,5,10,15H2/t24-,26+/m1/s1. The van der Waals surface area contributed by atoms with Gasteiger partial charge in [-0.25, -0.2) is 0 Å². The Morgan fingerprint density at radius 2 is 1.39 bits per heavy atom. The summed E-state index contributed by atoms with van der Waals surface area (Å²) in [5.74, 6) is -0.367. The first-order chi connectivity index (χ1) is 13.6. The number of benzene rings is 4. The molecular weight excluding hydrogens is 344 g/mol. The zero-order valence-electron chi connectivity index (χ0n) is 15.6. The maximum atomic E-state index is 13.4. The molecule has 0 aliphatic heterocycles. The fourth-order valence-electron chi connectivity index (χ4n) is 4.68. The highest BCUT2D eigenvalue weighted by molar-refractivity contribution is 6.02. The van der Waals surface area contributed by atoms with E-state index in [-0.39, 0.29) is 5.78 Å². The Bertz CT molecular complexity index is 1190. The lowest BCUT2D eigenvalue weighted by atomic mass is 9.79. The first-order valence-corrected chi connectivity index (χ1v) is 9.90. The van der Waals surface area contributed by atoms with Crippen molar-refractivity contribution in [1.82, 2.24) is 0 Å². The Hall–Kier alpha value is -2.97. The molecule has 138 valence electrons. The van der Waals surface area contributed by atoms with Crippen LogP contribution < -0.4 is 0 Å². The van der Waals surface area contributed by atoms with Gasteiger partial charge in [-0.05, 0) is 58.5 Å². The predicted molar refractivity (Wildman–Crippen MR) is 113 cm³/mol. The summed E-state index contributed by atoms with van der Waals surface area (Å²) in [5.41, 5.74) is 0.430. The van der Waals surface area contributed by atoms with Crippen LogP contribution in [0.2, 0.25) is 0 Å². The normalized spacial score (nSPS) is 22.0. The Morgan fingerprint density at radius 1 is 0.786 bits per heavy atom. The third-order valence-electron chi connectivity index (χ3n) is 6.23. The van der Waals surface area contributed by atoms with Gasteiger partial charge in [0.2, 0.25) is 0 Å². The molecule has 1 aliphatic carbocycles. The van der Waals surface area contributed by atoms with Crippen LogP contribution in [-0.2, 0) is 5.60 Å². The van der Waals surface area contributed by atoms with E-state index in [2.05, 4.69) is 12.1 Å². The summed E-state index contributed by atoms with van der Waals surface area (Å²) in [6.07, 6.45) is 2.19. The zero-order chi connectivity index (χ0) is 19.1. The van der Waals surface area contributed by atoms with Crippen LogP contribution in [0.25, 0.3) is 21.5 Å². The van der Waals surface area contributed by atoms with Gasteiger partial charge in [0.25, 0.3) is 0 Å². The van der Waals surface area contributed by atoms with E-state index >= 15 is 0 Å². The van der Waals surface area contributed by atoms with Crippen molar-refractivity contribution < 1.29 is 9.90 Å². The molecule has 2 atom stereocenters. The Morgan fingerprint density at radius 3 is 2.11 bits per heavy atom. The molecule has 4 aromatic carbocycles. The molecule has 2 heteroatoms. The van der Waals surface area contributed by atoms with E-state index < -0.39 is 11.5 Å². The molecule has 0 unspecified atom stereocenters. The summed E-state index contributed by atoms with van der Waals surface area (Å²) in [5, 5.41) is 16.0. The second-order valence-corrected chi connectivity index (χ2v) is 7.86. The summed E-state index contributed by atoms with van der Waals surface area (Å²) in [4.78, 5) is 13.4. The minimum atomic E-state index is -1.10. The molecule has 2 nitrogen and oxygen atoms in total. The van der Waals surface area contributed by atoms with Crippen LogP contribution in [0.3, 0.4) is 0 Å². The van der Waals surface area contributed by atoms with Gasteiger partial charge in [0.15, 0.2) is 5.78 Å². The first kappa shape index (κ1) is 17.2. The third kappa shape index (κ3) is 2.73. The molecule has 1 N–H and O–H groups in total. The van der Waals surface area contributed by atoms with Crippen LogP contribution in [-0.4, -0.2) is 10.9 Å². The molecule has 0 saturated heterocycles. The van der Waals surface area contributed by atoms with Crippen LogP contribution >= 0.6 is 0 Å². The van der Waals surface area contributed by atoms with Crippen LogP contribution in [0.4, 0.5) is 0 Å². The lowest BCUT2D eigenvalue weighted by Crippen LogP contribution is -2.35. The molecular formula is C26H22O2. The number of rotatable bonds is 3. The van der Waals surface area contributed by atoms with Crippen molar-refractivity contribution in [2.45, 2.75) is 24.9 Å². The van der Waals surface area contributed by atoms with Crippen molar-refractivity contribution in [2.24, 2.45) is 5.92 Å². The molecule has 0 aromatic heterocycles. The number of carbonyl (C=O) groups is 1. The average molecular weight is 366 g/mol. The van der Waals surface area contributed by atoms with E-state index in [1.807, 2.05) is 72.8 Å². The van der Waals surface area contributed by atoms with Gasteiger partial charge in [-0.3, -0.25) is 4.79 Å². The second kappa shape index (κ2) is 6.57. The Balaban J connectivity index is 1.54. The minimum Gasteiger partial charge on any atom is -0.384 e. The highest BCUT2D eigenvalue weighted by Crippen LogP contribution is 2.45. The molecule has 5 rings (SSSR count). The Labute approximate surface area is 164 Å². The summed E-state index contributed by atoms with van der Waals surface area (Å²) in [7, 11) is 0. The third-order valence-corrected chi connectivity index (χ3v) is 6.23. The van der Waals surface area contributed by atoms with E-state index in [4.69, 9.17) is 0 Å². The molecule has 1 aliphatic rings. The van der Waals surface area contributed by atoms with Gasteiger partial charge in [-0.1, -0.05) is 72.8 Å². The Kier molecular flexibility index (Phi) is 4.03. The van der Waals surface area contributed by atoms with E-state index in [9.17, 15) is 9.90 Å². The number of hydrogen-bond acceptors (Lipinski definition) is 2. The van der Waals surface area contributed by atoms with Crippen molar-refractivity contribution in [3.05, 3.63) is 96.1 Å². The summed E-state index contributed by atoms with van der Waals surface area (Å²) in [6, 6.07) is 28.1. The molecule has 1 fully saturated rings. The quantitative estimate of drug-likeness (QED) is 0.461. The minimum absolute atomic E-state index is 0.0407. The van der Waals surface area contributed by atoms with Gasteiger partial charge < -0.3 is 5.11 Å². The van der Waals surface area contributed by atoms with E-state index in [1.54, 1.807) is 0 Å². The smallest absolute Gasteiger partial charge is 0.169 e. The van der Waals surface area contributed by atoms with Crippen molar-refractivity contribution in [1.29, 1.82) is 0 Å². The summed E-state index contributed by atoms with van der Waals surface area (Å²) >= 11 is 0. The van der Waals surface area contributed by atoms with Gasteiger partial charge in [0.05, 0.1) is 11.5 Å². The average Bonchev–Trinajstić information content (AvgIpc) is 3.15. The van der Waals surface area contributed by atoms with Crippen LogP contribution in [0, 0.1) is 5.92 Å². The van der Waals surface area contributed by atoms with Crippen molar-refractivity contribution in [2.75, 3.05) is 0 Å². The molecule has 0 spiro atoms. The van der Waals surface area contributed by atoms with Crippen molar-refractivity contribution >= 4 is 27.3 Å². The maximum Gasteiger partial charge on any atom is 0.169 e. The molecule has 0 bridgehead atoms. The van der Waals surface area contributed by atoms with E-state index in [1.165, 1.54) is 0 Å². The summed E-state index contributed by atoms with van der Waals surface area (Å²) in [6.45, 7) is 0. The van der Waals surface area contributed by atoms with Crippen molar-refractivity contribution in [3.63, 3.8) is 0 Å². The lowest BCUT2D eigenvalue weighted by molar-refractivity contribution is 0.00322. The highest BCUT2D eigenvalue weighted by Gasteiger charge is 2.46. The van der Waals surface area contributed by atoms with Crippen LogP contribution in [0.15, 0.2) is 84.9 Å². The monoisotopic (exact) mass is 366 g/mol. The highest BCUT2D eigenvalue weighted by atomic mass is 16.3. The predicted octanol–water partition coefficient (Wildman–Crippen LogP) is 5.86. The molecule has 0 amide bonds. The maximum absolute atomic E-state index is 13.4. The van der Waals surface area contributed by atoms with Gasteiger partial charge in [-0.15, -0.1) is 0 Å². The molecule has 0 heterocycles. The molecule has 4 aromatic rings. The van der Waals surface area contributed by atoms with Crippen LogP contribution in [0.1, 0.15) is 35.2 Å². The topological polar surface area (TPSA) is 37.3 Å². The van der Waals surface area contributed by atoms with Gasteiger partial charge in [0, 0.05) is 5.56 Å². The molecule has 28 heavy (non-hydrogen) atoms. The second-order valence-electron chi connectivity index (χ2n) is 7.86. The number of ketones is 1.